The minimum atomic E-state index is -4.37. The fraction of sp³-hybridized carbons (Fsp3) is 0.214. The van der Waals surface area contributed by atoms with Crippen LogP contribution in [0.2, 0.25) is 0 Å². The molecule has 100 valence electrons. The van der Waals surface area contributed by atoms with Gasteiger partial charge in [-0.25, -0.2) is 0 Å². The van der Waals surface area contributed by atoms with E-state index in [4.69, 9.17) is 0 Å². The number of hydrogen-bond acceptors (Lipinski definition) is 1. The Hall–Kier alpha value is -2.04. The molecule has 0 fully saturated rings. The molecule has 1 heterocycles. The van der Waals surface area contributed by atoms with Crippen LogP contribution in [0.4, 0.5) is 13.2 Å². The molecule has 0 spiro atoms. The lowest BCUT2D eigenvalue weighted by Crippen LogP contribution is -2.21. The molecule has 2 nitrogen and oxygen atoms in total. The van der Waals surface area contributed by atoms with Gasteiger partial charge in [0.1, 0.15) is 0 Å². The van der Waals surface area contributed by atoms with Crippen LogP contribution in [-0.4, -0.2) is 4.57 Å². The van der Waals surface area contributed by atoms with Crippen LogP contribution < -0.4 is 5.56 Å². The molecule has 0 radical (unpaired) electrons. The van der Waals surface area contributed by atoms with Crippen molar-refractivity contribution in [1.29, 1.82) is 0 Å². The number of rotatable bonds is 2. The molecule has 0 aliphatic heterocycles. The molecule has 0 amide bonds. The first-order valence-electron chi connectivity index (χ1n) is 5.70. The highest BCUT2D eigenvalue weighted by Crippen LogP contribution is 2.29. The summed E-state index contributed by atoms with van der Waals surface area (Å²) in [5, 5.41) is 0. The highest BCUT2D eigenvalue weighted by atomic mass is 19.4. The Morgan fingerprint density at radius 1 is 1.16 bits per heavy atom. The van der Waals surface area contributed by atoms with Crippen molar-refractivity contribution in [3.63, 3.8) is 0 Å². The van der Waals surface area contributed by atoms with Gasteiger partial charge in [-0.2, -0.15) is 13.2 Å². The molecule has 0 saturated carbocycles. The zero-order valence-electron chi connectivity index (χ0n) is 10.2. The van der Waals surface area contributed by atoms with Crippen molar-refractivity contribution in [3.8, 4) is 0 Å². The van der Waals surface area contributed by atoms with Crippen molar-refractivity contribution in [2.75, 3.05) is 0 Å². The number of alkyl halides is 3. The summed E-state index contributed by atoms with van der Waals surface area (Å²) in [5.74, 6) is 0. The Kier molecular flexibility index (Phi) is 3.46. The quantitative estimate of drug-likeness (QED) is 0.818. The van der Waals surface area contributed by atoms with Crippen LogP contribution in [-0.2, 0) is 12.7 Å². The first-order chi connectivity index (χ1) is 8.88. The summed E-state index contributed by atoms with van der Waals surface area (Å²) in [6.07, 6.45) is -2.80. The van der Waals surface area contributed by atoms with Crippen LogP contribution in [0.25, 0.3) is 0 Å². The normalized spacial score (nSPS) is 11.6. The topological polar surface area (TPSA) is 22.0 Å². The van der Waals surface area contributed by atoms with Gasteiger partial charge in [-0.3, -0.25) is 4.79 Å². The summed E-state index contributed by atoms with van der Waals surface area (Å²) in [6.45, 7) is 1.80. The van der Waals surface area contributed by atoms with E-state index in [-0.39, 0.29) is 12.1 Å². The van der Waals surface area contributed by atoms with E-state index in [2.05, 4.69) is 0 Å². The van der Waals surface area contributed by atoms with Gasteiger partial charge in [-0.15, -0.1) is 0 Å². The zero-order valence-corrected chi connectivity index (χ0v) is 10.2. The molecular weight excluding hydrogens is 255 g/mol. The van der Waals surface area contributed by atoms with Crippen LogP contribution in [0.1, 0.15) is 16.7 Å². The number of benzene rings is 1. The molecule has 0 bridgehead atoms. The van der Waals surface area contributed by atoms with E-state index in [9.17, 15) is 18.0 Å². The largest absolute Gasteiger partial charge is 0.416 e. The predicted molar refractivity (Wildman–Crippen MR) is 66.0 cm³/mol. The Balaban J connectivity index is 2.34. The number of nitrogens with zero attached hydrogens (tertiary/aromatic N) is 1. The van der Waals surface area contributed by atoms with E-state index in [1.165, 1.54) is 10.6 Å². The minimum Gasteiger partial charge on any atom is -0.311 e. The maximum absolute atomic E-state index is 12.6. The number of pyridine rings is 1. The minimum absolute atomic E-state index is 0.129. The van der Waals surface area contributed by atoms with Crippen molar-refractivity contribution in [3.05, 3.63) is 69.6 Å². The van der Waals surface area contributed by atoms with Gasteiger partial charge in [0.25, 0.3) is 5.56 Å². The first-order valence-corrected chi connectivity index (χ1v) is 5.70. The third-order valence-electron chi connectivity index (χ3n) is 2.82. The van der Waals surface area contributed by atoms with Crippen molar-refractivity contribution >= 4 is 0 Å². The molecule has 19 heavy (non-hydrogen) atoms. The molecule has 0 aliphatic carbocycles. The standard InChI is InChI=1S/C14H12F3NO/c1-10-4-3-7-18(13(10)19)9-11-5-2-6-12(8-11)14(15,16)17/h2-8H,9H2,1H3. The second-order valence-corrected chi connectivity index (χ2v) is 4.32. The van der Waals surface area contributed by atoms with E-state index >= 15 is 0 Å². The number of aryl methyl sites for hydroxylation is 1. The van der Waals surface area contributed by atoms with Gasteiger partial charge in [0.15, 0.2) is 0 Å². The maximum atomic E-state index is 12.6. The van der Waals surface area contributed by atoms with Crippen molar-refractivity contribution in [2.45, 2.75) is 19.6 Å². The number of aromatic nitrogens is 1. The van der Waals surface area contributed by atoms with Crippen LogP contribution >= 0.6 is 0 Å². The van der Waals surface area contributed by atoms with Crippen LogP contribution in [0.3, 0.4) is 0 Å². The van der Waals surface area contributed by atoms with Gasteiger partial charge in [0.2, 0.25) is 0 Å². The lowest BCUT2D eigenvalue weighted by molar-refractivity contribution is -0.137. The summed E-state index contributed by atoms with van der Waals surface area (Å²) >= 11 is 0. The highest BCUT2D eigenvalue weighted by Gasteiger charge is 2.30. The molecule has 5 heteroatoms. The summed E-state index contributed by atoms with van der Waals surface area (Å²) in [5.41, 5.74) is 0.114. The van der Waals surface area contributed by atoms with Crippen LogP contribution in [0.15, 0.2) is 47.4 Å². The smallest absolute Gasteiger partial charge is 0.311 e. The number of halogens is 3. The van der Waals surface area contributed by atoms with Gasteiger partial charge in [0.05, 0.1) is 12.1 Å². The average molecular weight is 267 g/mol. The molecule has 2 aromatic rings. The van der Waals surface area contributed by atoms with Crippen LogP contribution in [0.5, 0.6) is 0 Å². The highest BCUT2D eigenvalue weighted by molar-refractivity contribution is 5.26. The predicted octanol–water partition coefficient (Wildman–Crippen LogP) is 3.22. The van der Waals surface area contributed by atoms with Gasteiger partial charge in [-0.05, 0) is 30.7 Å². The molecule has 2 rings (SSSR count). The maximum Gasteiger partial charge on any atom is 0.416 e. The van der Waals surface area contributed by atoms with Gasteiger partial charge in [0, 0.05) is 11.8 Å². The van der Waals surface area contributed by atoms with Gasteiger partial charge in [-0.1, -0.05) is 18.2 Å². The monoisotopic (exact) mass is 267 g/mol. The van der Waals surface area contributed by atoms with Crippen LogP contribution in [0, 0.1) is 6.92 Å². The summed E-state index contributed by atoms with van der Waals surface area (Å²) in [4.78, 5) is 11.8. The second-order valence-electron chi connectivity index (χ2n) is 4.32. The number of hydrogen-bond donors (Lipinski definition) is 0. The molecule has 0 aliphatic rings. The fourth-order valence-corrected chi connectivity index (χ4v) is 1.82. The molecule has 0 unspecified atom stereocenters. The summed E-state index contributed by atoms with van der Waals surface area (Å²) in [6, 6.07) is 8.37. The molecule has 0 N–H and O–H groups in total. The third-order valence-corrected chi connectivity index (χ3v) is 2.82. The summed E-state index contributed by atoms with van der Waals surface area (Å²) < 4.78 is 39.1. The van der Waals surface area contributed by atoms with E-state index in [0.717, 1.165) is 12.1 Å². The molecular formula is C14H12F3NO. The second kappa shape index (κ2) is 4.91. The SMILES string of the molecule is Cc1cccn(Cc2cccc(C(F)(F)F)c2)c1=O. The Morgan fingerprint density at radius 2 is 1.89 bits per heavy atom. The van der Waals surface area contributed by atoms with E-state index in [0.29, 0.717) is 11.1 Å². The summed E-state index contributed by atoms with van der Waals surface area (Å²) in [7, 11) is 0. The Labute approximate surface area is 108 Å². The molecule has 1 aromatic carbocycles. The lowest BCUT2D eigenvalue weighted by atomic mass is 10.1. The fourth-order valence-electron chi connectivity index (χ4n) is 1.82. The van der Waals surface area contributed by atoms with E-state index < -0.39 is 11.7 Å². The lowest BCUT2D eigenvalue weighted by Gasteiger charge is -2.10. The molecule has 0 atom stereocenters. The van der Waals surface area contributed by atoms with E-state index in [1.807, 2.05) is 0 Å². The van der Waals surface area contributed by atoms with E-state index in [1.54, 1.807) is 31.3 Å². The van der Waals surface area contributed by atoms with Crippen molar-refractivity contribution in [2.24, 2.45) is 0 Å². The third kappa shape index (κ3) is 3.05. The Bertz CT molecular complexity index is 644. The average Bonchev–Trinajstić information content (AvgIpc) is 2.34. The molecule has 1 aromatic heterocycles. The Morgan fingerprint density at radius 3 is 2.58 bits per heavy atom. The van der Waals surface area contributed by atoms with Gasteiger partial charge < -0.3 is 4.57 Å². The van der Waals surface area contributed by atoms with Crippen molar-refractivity contribution < 1.29 is 13.2 Å². The zero-order chi connectivity index (χ0) is 14.0. The first kappa shape index (κ1) is 13.4. The molecule has 0 saturated heterocycles. The van der Waals surface area contributed by atoms with Gasteiger partial charge >= 0.3 is 6.18 Å². The van der Waals surface area contributed by atoms with Crippen molar-refractivity contribution in [1.82, 2.24) is 4.57 Å².